The van der Waals surface area contributed by atoms with Gasteiger partial charge >= 0.3 is 12.2 Å². The maximum absolute atomic E-state index is 16.8. The Morgan fingerprint density at radius 1 is 1.11 bits per heavy atom. The number of rotatable bonds is 5. The van der Waals surface area contributed by atoms with Crippen LogP contribution in [0.2, 0.25) is 0 Å². The Kier molecular flexibility index (Phi) is 6.63. The highest BCUT2D eigenvalue weighted by atomic mass is 32.1. The minimum absolute atomic E-state index is 0.0474. The molecule has 0 bridgehead atoms. The number of nitrogens with one attached hydrogen (secondary N) is 1. The number of anilines is 2. The van der Waals surface area contributed by atoms with E-state index in [2.05, 4.69) is 25.2 Å². The maximum atomic E-state index is 16.8. The molecule has 4 aromatic rings. The van der Waals surface area contributed by atoms with Crippen LogP contribution in [0, 0.1) is 17.6 Å². The van der Waals surface area contributed by atoms with Crippen molar-refractivity contribution in [1.82, 2.24) is 25.2 Å². The van der Waals surface area contributed by atoms with Gasteiger partial charge in [-0.15, -0.1) is 0 Å². The van der Waals surface area contributed by atoms with Crippen molar-refractivity contribution in [2.75, 3.05) is 50.0 Å². The third kappa shape index (κ3) is 4.60. The van der Waals surface area contributed by atoms with E-state index >= 15 is 4.39 Å². The molecule has 238 valence electrons. The first kappa shape index (κ1) is 29.0. The largest absolute Gasteiger partial charge is 0.461 e. The minimum atomic E-state index is -4.99. The molecule has 2 aromatic heterocycles. The van der Waals surface area contributed by atoms with Gasteiger partial charge < -0.3 is 20.7 Å². The number of halogens is 6. The first-order valence-electron chi connectivity index (χ1n) is 15.0. The topological polar surface area (TPSA) is 92.4 Å². The van der Waals surface area contributed by atoms with E-state index < -0.39 is 40.6 Å². The number of thiazole rings is 1. The van der Waals surface area contributed by atoms with Gasteiger partial charge in [-0.3, -0.25) is 4.90 Å². The van der Waals surface area contributed by atoms with Crippen LogP contribution in [0.3, 0.4) is 0 Å². The van der Waals surface area contributed by atoms with Gasteiger partial charge in [-0.2, -0.15) is 23.1 Å². The van der Waals surface area contributed by atoms with E-state index in [1.807, 2.05) is 4.90 Å². The fraction of sp³-hybridized carbons (Fsp3) is 0.500. The van der Waals surface area contributed by atoms with Crippen LogP contribution < -0.4 is 20.7 Å². The molecule has 0 amide bonds. The first-order valence-corrected chi connectivity index (χ1v) is 15.8. The number of nitrogens with two attached hydrogens (primary N) is 1. The molecule has 4 fully saturated rings. The standard InChI is InChI=1S/C30H29F6N7OS/c31-15-9-29(5-1-6-42(29)12-15)13-44-28-40-23-17(26(41-28)43-7-4-14-10-38-11-20(14)43)8-18(30(34,35)36)21(22(23)33)16-2-3-19(32)25-24(16)39-27(37)45-25/h2-3,8,14-15,20,38H,1,4-7,9-13H2,(H2,37,39)/t14-,15+,20+,29-/m0/s1. The Balaban J connectivity index is 1.33. The van der Waals surface area contributed by atoms with Crippen molar-refractivity contribution in [2.24, 2.45) is 5.92 Å². The number of ether oxygens (including phenoxy) is 1. The van der Waals surface area contributed by atoms with E-state index in [4.69, 9.17) is 10.5 Å². The van der Waals surface area contributed by atoms with E-state index in [0.29, 0.717) is 26.1 Å². The zero-order valence-electron chi connectivity index (χ0n) is 23.9. The molecule has 0 aliphatic carbocycles. The molecular formula is C30H29F6N7OS. The predicted octanol–water partition coefficient (Wildman–Crippen LogP) is 5.54. The van der Waals surface area contributed by atoms with Gasteiger partial charge in [0, 0.05) is 55.2 Å². The van der Waals surface area contributed by atoms with Crippen molar-refractivity contribution in [1.29, 1.82) is 0 Å². The number of aromatic nitrogens is 3. The molecule has 4 aliphatic rings. The number of alkyl halides is 4. The monoisotopic (exact) mass is 649 g/mol. The SMILES string of the molecule is Nc1nc2c(-c3c(C(F)(F)F)cc4c(N5CC[C@H]6CNC[C@H]65)nc(OC[C@@]56CCCN5C[C@H](F)C6)nc4c3F)ccc(F)c2s1. The van der Waals surface area contributed by atoms with Crippen molar-refractivity contribution in [2.45, 2.75) is 49.6 Å². The van der Waals surface area contributed by atoms with E-state index in [9.17, 15) is 22.0 Å². The molecule has 0 unspecified atom stereocenters. The van der Waals surface area contributed by atoms with E-state index in [0.717, 1.165) is 61.9 Å². The van der Waals surface area contributed by atoms with Crippen LogP contribution in [0.1, 0.15) is 31.2 Å². The molecule has 8 rings (SSSR count). The van der Waals surface area contributed by atoms with Crippen molar-refractivity contribution >= 4 is 43.4 Å². The summed E-state index contributed by atoms with van der Waals surface area (Å²) in [6.07, 6.45) is -3.29. The molecule has 15 heteroatoms. The molecule has 0 saturated carbocycles. The quantitative estimate of drug-likeness (QED) is 0.273. The Labute approximate surface area is 257 Å². The predicted molar refractivity (Wildman–Crippen MR) is 158 cm³/mol. The summed E-state index contributed by atoms with van der Waals surface area (Å²) in [5.41, 5.74) is 2.40. The molecule has 6 heterocycles. The highest BCUT2D eigenvalue weighted by Crippen LogP contribution is 2.47. The summed E-state index contributed by atoms with van der Waals surface area (Å²) in [5, 5.41) is 3.15. The normalized spacial score (nSPS) is 26.8. The Morgan fingerprint density at radius 2 is 1.96 bits per heavy atom. The zero-order chi connectivity index (χ0) is 31.2. The number of nitrogens with zero attached hydrogens (tertiary/aromatic N) is 5. The molecule has 2 aromatic carbocycles. The summed E-state index contributed by atoms with van der Waals surface area (Å²) in [7, 11) is 0. The Hall–Kier alpha value is -3.43. The summed E-state index contributed by atoms with van der Waals surface area (Å²) in [4.78, 5) is 17.0. The lowest BCUT2D eigenvalue weighted by molar-refractivity contribution is -0.137. The minimum Gasteiger partial charge on any atom is -0.461 e. The number of fused-ring (bicyclic) bond motifs is 4. The van der Waals surface area contributed by atoms with Crippen LogP contribution in [0.5, 0.6) is 6.01 Å². The van der Waals surface area contributed by atoms with Crippen LogP contribution in [-0.4, -0.2) is 76.9 Å². The number of benzene rings is 2. The fourth-order valence-electron chi connectivity index (χ4n) is 7.92. The van der Waals surface area contributed by atoms with Gasteiger partial charge in [0.15, 0.2) is 10.9 Å². The second-order valence-corrected chi connectivity index (χ2v) is 13.5. The van der Waals surface area contributed by atoms with E-state index in [1.54, 1.807) is 0 Å². The second kappa shape index (κ2) is 10.3. The summed E-state index contributed by atoms with van der Waals surface area (Å²) >= 11 is 0.766. The zero-order valence-corrected chi connectivity index (χ0v) is 24.7. The van der Waals surface area contributed by atoms with Crippen molar-refractivity contribution in [3.05, 3.63) is 35.4 Å². The van der Waals surface area contributed by atoms with Gasteiger partial charge in [-0.05, 0) is 49.9 Å². The third-order valence-electron chi connectivity index (χ3n) is 9.93. The average Bonchev–Trinajstić information content (AvgIpc) is 3.79. The lowest BCUT2D eigenvalue weighted by Gasteiger charge is -2.31. The highest BCUT2D eigenvalue weighted by molar-refractivity contribution is 7.22. The van der Waals surface area contributed by atoms with Crippen LogP contribution >= 0.6 is 11.3 Å². The number of nitrogen functional groups attached to an aromatic ring is 1. The van der Waals surface area contributed by atoms with Gasteiger partial charge in [0.2, 0.25) is 0 Å². The lowest BCUT2D eigenvalue weighted by Crippen LogP contribution is -2.43. The van der Waals surface area contributed by atoms with Crippen molar-refractivity contribution in [3.8, 4) is 17.1 Å². The van der Waals surface area contributed by atoms with Gasteiger partial charge in [0.05, 0.1) is 21.3 Å². The molecule has 0 radical (unpaired) electrons. The molecule has 4 aliphatic heterocycles. The van der Waals surface area contributed by atoms with Crippen LogP contribution in [0.25, 0.3) is 32.2 Å². The lowest BCUT2D eigenvalue weighted by atomic mass is 9.94. The summed E-state index contributed by atoms with van der Waals surface area (Å²) in [6, 6.07) is 2.68. The fourth-order valence-corrected chi connectivity index (χ4v) is 8.68. The van der Waals surface area contributed by atoms with Gasteiger partial charge in [0.25, 0.3) is 0 Å². The Morgan fingerprint density at radius 3 is 2.78 bits per heavy atom. The molecule has 4 saturated heterocycles. The van der Waals surface area contributed by atoms with E-state index in [1.165, 1.54) is 0 Å². The smallest absolute Gasteiger partial charge is 0.417 e. The molecule has 3 N–H and O–H groups in total. The highest BCUT2D eigenvalue weighted by Gasteiger charge is 2.49. The van der Waals surface area contributed by atoms with Crippen molar-refractivity contribution < 1.29 is 31.1 Å². The third-order valence-corrected chi connectivity index (χ3v) is 10.8. The first-order chi connectivity index (χ1) is 21.5. The Bertz CT molecular complexity index is 1830. The summed E-state index contributed by atoms with van der Waals surface area (Å²) in [5.74, 6) is -1.56. The molecule has 0 spiro atoms. The van der Waals surface area contributed by atoms with Gasteiger partial charge in [0.1, 0.15) is 29.9 Å². The number of hydrogen-bond donors (Lipinski definition) is 2. The second-order valence-electron chi connectivity index (χ2n) is 12.5. The van der Waals surface area contributed by atoms with Gasteiger partial charge in [-0.25, -0.2) is 18.2 Å². The average molecular weight is 650 g/mol. The molecular weight excluding hydrogens is 620 g/mol. The molecule has 8 nitrogen and oxygen atoms in total. The molecule has 4 atom stereocenters. The van der Waals surface area contributed by atoms with Crippen LogP contribution in [0.15, 0.2) is 18.2 Å². The van der Waals surface area contributed by atoms with Crippen LogP contribution in [0.4, 0.5) is 37.3 Å². The molecule has 45 heavy (non-hydrogen) atoms. The maximum Gasteiger partial charge on any atom is 0.417 e. The van der Waals surface area contributed by atoms with Gasteiger partial charge in [-0.1, -0.05) is 11.3 Å². The van der Waals surface area contributed by atoms with E-state index in [-0.39, 0.29) is 62.2 Å². The number of hydrogen-bond acceptors (Lipinski definition) is 9. The van der Waals surface area contributed by atoms with Crippen LogP contribution in [-0.2, 0) is 6.18 Å². The summed E-state index contributed by atoms with van der Waals surface area (Å²) < 4.78 is 96.2. The van der Waals surface area contributed by atoms with Crippen molar-refractivity contribution in [3.63, 3.8) is 0 Å². The summed E-state index contributed by atoms with van der Waals surface area (Å²) in [6.45, 7) is 3.00.